The highest BCUT2D eigenvalue weighted by Gasteiger charge is 2.35. The molecule has 6 nitrogen and oxygen atoms in total. The molecule has 1 unspecified atom stereocenters. The summed E-state index contributed by atoms with van der Waals surface area (Å²) >= 11 is 0. The molecule has 2 aliphatic heterocycles. The molecule has 2 saturated heterocycles. The zero-order valence-corrected chi connectivity index (χ0v) is 19.6. The molecule has 2 aliphatic rings. The second kappa shape index (κ2) is 9.90. The van der Waals surface area contributed by atoms with Crippen molar-refractivity contribution in [2.45, 2.75) is 45.7 Å². The van der Waals surface area contributed by atoms with E-state index >= 15 is 0 Å². The molecular formula is C25H31F3N4O2. The highest BCUT2D eigenvalue weighted by atomic mass is 19.4. The topological polar surface area (TPSA) is 58.4 Å². The molecule has 184 valence electrons. The quantitative estimate of drug-likeness (QED) is 0.666. The van der Waals surface area contributed by atoms with E-state index in [4.69, 9.17) is 0 Å². The first kappa shape index (κ1) is 24.4. The van der Waals surface area contributed by atoms with E-state index in [0.717, 1.165) is 49.1 Å². The third kappa shape index (κ3) is 5.35. The summed E-state index contributed by atoms with van der Waals surface area (Å²) in [6.07, 6.45) is -0.383. The lowest BCUT2D eigenvalue weighted by molar-refractivity contribution is -0.137. The van der Waals surface area contributed by atoms with Gasteiger partial charge in [-0.1, -0.05) is 19.1 Å². The SMILES string of the molecule is Cc1cc(=O)c(C(=O)N2CCCC(CN3CCC(C)CC3)C2)nn1-c1ccccc1C(F)(F)F. The molecule has 1 aromatic heterocycles. The summed E-state index contributed by atoms with van der Waals surface area (Å²) in [5.41, 5.74) is -1.77. The van der Waals surface area contributed by atoms with Gasteiger partial charge in [0.2, 0.25) is 5.43 Å². The summed E-state index contributed by atoms with van der Waals surface area (Å²) in [5, 5.41) is 4.14. The van der Waals surface area contributed by atoms with Gasteiger partial charge in [-0.15, -0.1) is 0 Å². The summed E-state index contributed by atoms with van der Waals surface area (Å²) in [7, 11) is 0. The first-order valence-electron chi connectivity index (χ1n) is 11.9. The van der Waals surface area contributed by atoms with E-state index in [1.54, 1.807) is 4.90 Å². The number of aromatic nitrogens is 2. The maximum atomic E-state index is 13.6. The number of hydrogen-bond acceptors (Lipinski definition) is 4. The number of carbonyl (C=O) groups is 1. The fourth-order valence-electron chi connectivity index (χ4n) is 5.00. The number of para-hydroxylation sites is 1. The van der Waals surface area contributed by atoms with Crippen LogP contribution in [0.1, 0.15) is 54.4 Å². The molecule has 0 bridgehead atoms. The number of likely N-dealkylation sites (tertiary alicyclic amines) is 2. The lowest BCUT2D eigenvalue weighted by Gasteiger charge is -2.37. The van der Waals surface area contributed by atoms with Crippen molar-refractivity contribution in [3.05, 3.63) is 57.5 Å². The van der Waals surface area contributed by atoms with Crippen LogP contribution in [-0.4, -0.2) is 58.2 Å². The largest absolute Gasteiger partial charge is 0.418 e. The molecule has 1 aromatic carbocycles. The number of hydrogen-bond donors (Lipinski definition) is 0. The number of nitrogens with zero attached hydrogens (tertiary/aromatic N) is 4. The van der Waals surface area contributed by atoms with Gasteiger partial charge >= 0.3 is 6.18 Å². The molecule has 0 N–H and O–H groups in total. The number of piperidine rings is 2. The Morgan fingerprint density at radius 2 is 1.82 bits per heavy atom. The third-order valence-electron chi connectivity index (χ3n) is 6.95. The molecule has 1 amide bonds. The standard InChI is InChI=1S/C25H31F3N4O2/c1-17-9-12-30(13-10-17)15-19-6-5-11-31(16-19)24(34)23-22(33)14-18(2)32(29-23)21-8-4-3-7-20(21)25(26,27)28/h3-4,7-8,14,17,19H,5-6,9-13,15-16H2,1-2H3. The lowest BCUT2D eigenvalue weighted by atomic mass is 9.94. The number of benzene rings is 1. The van der Waals surface area contributed by atoms with Gasteiger partial charge in [0.05, 0.1) is 11.3 Å². The van der Waals surface area contributed by atoms with Gasteiger partial charge in [0.1, 0.15) is 0 Å². The highest BCUT2D eigenvalue weighted by Crippen LogP contribution is 2.33. The number of rotatable bonds is 4. The van der Waals surface area contributed by atoms with Crippen molar-refractivity contribution >= 4 is 5.91 Å². The first-order valence-corrected chi connectivity index (χ1v) is 11.9. The van der Waals surface area contributed by atoms with Crippen LogP contribution in [0.4, 0.5) is 13.2 Å². The Bertz CT molecular complexity index is 1090. The maximum Gasteiger partial charge on any atom is 0.418 e. The van der Waals surface area contributed by atoms with Gasteiger partial charge in [0, 0.05) is 31.4 Å². The second-order valence-electron chi connectivity index (χ2n) is 9.67. The predicted octanol–water partition coefficient (Wildman–Crippen LogP) is 4.14. The van der Waals surface area contributed by atoms with Gasteiger partial charge in [-0.2, -0.15) is 18.3 Å². The molecule has 4 rings (SSSR count). The predicted molar refractivity (Wildman–Crippen MR) is 123 cm³/mol. The van der Waals surface area contributed by atoms with Crippen LogP contribution in [0.3, 0.4) is 0 Å². The van der Waals surface area contributed by atoms with Crippen molar-refractivity contribution in [1.29, 1.82) is 0 Å². The van der Waals surface area contributed by atoms with Crippen molar-refractivity contribution < 1.29 is 18.0 Å². The maximum absolute atomic E-state index is 13.6. The number of carbonyl (C=O) groups excluding carboxylic acids is 1. The Morgan fingerprint density at radius 3 is 2.53 bits per heavy atom. The van der Waals surface area contributed by atoms with Crippen LogP contribution < -0.4 is 5.43 Å². The monoisotopic (exact) mass is 476 g/mol. The number of halogens is 3. The van der Waals surface area contributed by atoms with E-state index < -0.39 is 23.1 Å². The number of aryl methyl sites for hydroxylation is 1. The molecule has 0 spiro atoms. The zero-order chi connectivity index (χ0) is 24.5. The lowest BCUT2D eigenvalue weighted by Crippen LogP contribution is -2.46. The third-order valence-corrected chi connectivity index (χ3v) is 6.95. The van der Waals surface area contributed by atoms with Gasteiger partial charge in [-0.25, -0.2) is 4.68 Å². The van der Waals surface area contributed by atoms with Crippen molar-refractivity contribution in [2.24, 2.45) is 11.8 Å². The van der Waals surface area contributed by atoms with Crippen LogP contribution in [0.2, 0.25) is 0 Å². The summed E-state index contributed by atoms with van der Waals surface area (Å²) in [6.45, 7) is 7.86. The summed E-state index contributed by atoms with van der Waals surface area (Å²) in [4.78, 5) is 30.0. The van der Waals surface area contributed by atoms with Crippen LogP contribution in [0.15, 0.2) is 35.1 Å². The second-order valence-corrected chi connectivity index (χ2v) is 9.67. The Kier molecular flexibility index (Phi) is 7.12. The molecule has 2 aromatic rings. The van der Waals surface area contributed by atoms with E-state index in [2.05, 4.69) is 16.9 Å². The normalized spacial score (nSPS) is 20.5. The molecular weight excluding hydrogens is 445 g/mol. The average molecular weight is 477 g/mol. The zero-order valence-electron chi connectivity index (χ0n) is 19.6. The van der Waals surface area contributed by atoms with Gasteiger partial charge in [0.25, 0.3) is 5.91 Å². The Hall–Kier alpha value is -2.68. The van der Waals surface area contributed by atoms with Crippen LogP contribution in [-0.2, 0) is 6.18 Å². The minimum absolute atomic E-state index is 0.211. The van der Waals surface area contributed by atoms with E-state index in [1.165, 1.54) is 44.0 Å². The van der Waals surface area contributed by atoms with E-state index in [0.29, 0.717) is 19.0 Å². The molecule has 2 fully saturated rings. The van der Waals surface area contributed by atoms with E-state index in [9.17, 15) is 22.8 Å². The molecule has 1 atom stereocenters. The van der Waals surface area contributed by atoms with Crippen molar-refractivity contribution in [1.82, 2.24) is 19.6 Å². The number of alkyl halides is 3. The Labute approximate surface area is 197 Å². The van der Waals surface area contributed by atoms with E-state index in [-0.39, 0.29) is 17.1 Å². The highest BCUT2D eigenvalue weighted by molar-refractivity contribution is 5.92. The Morgan fingerprint density at radius 1 is 1.12 bits per heavy atom. The molecule has 0 saturated carbocycles. The van der Waals surface area contributed by atoms with Gasteiger partial charge in [-0.05, 0) is 69.7 Å². The van der Waals surface area contributed by atoms with Gasteiger partial charge < -0.3 is 9.80 Å². The summed E-state index contributed by atoms with van der Waals surface area (Å²) < 4.78 is 41.8. The summed E-state index contributed by atoms with van der Waals surface area (Å²) in [6, 6.07) is 6.21. The molecule has 34 heavy (non-hydrogen) atoms. The number of amides is 1. The molecule has 0 radical (unpaired) electrons. The minimum Gasteiger partial charge on any atom is -0.337 e. The average Bonchev–Trinajstić information content (AvgIpc) is 2.80. The molecule has 3 heterocycles. The van der Waals surface area contributed by atoms with Crippen molar-refractivity contribution in [3.63, 3.8) is 0 Å². The summed E-state index contributed by atoms with van der Waals surface area (Å²) in [5.74, 6) is 0.544. The van der Waals surface area contributed by atoms with Crippen LogP contribution in [0.5, 0.6) is 0 Å². The fourth-order valence-corrected chi connectivity index (χ4v) is 5.00. The molecule has 9 heteroatoms. The fraction of sp³-hybridized carbons (Fsp3) is 0.560. The Balaban J connectivity index is 1.57. The van der Waals surface area contributed by atoms with Crippen molar-refractivity contribution in [3.8, 4) is 5.69 Å². The van der Waals surface area contributed by atoms with Crippen LogP contribution in [0, 0.1) is 18.8 Å². The van der Waals surface area contributed by atoms with Crippen molar-refractivity contribution in [2.75, 3.05) is 32.7 Å². The van der Waals surface area contributed by atoms with Gasteiger partial charge in [-0.3, -0.25) is 9.59 Å². The molecule has 0 aliphatic carbocycles. The minimum atomic E-state index is -4.59. The first-order chi connectivity index (χ1) is 16.1. The van der Waals surface area contributed by atoms with Crippen LogP contribution in [0.25, 0.3) is 5.69 Å². The van der Waals surface area contributed by atoms with Gasteiger partial charge in [0.15, 0.2) is 5.69 Å². The van der Waals surface area contributed by atoms with E-state index in [1.807, 2.05) is 0 Å². The smallest absolute Gasteiger partial charge is 0.337 e. The van der Waals surface area contributed by atoms with Crippen LogP contribution >= 0.6 is 0 Å².